The number of alkyl halides is 6. The number of hydrogen-bond donors (Lipinski definition) is 1. The van der Waals surface area contributed by atoms with Crippen LogP contribution in [-0.4, -0.2) is 19.1 Å². The van der Waals surface area contributed by atoms with E-state index in [2.05, 4.69) is 5.32 Å². The van der Waals surface area contributed by atoms with Crippen molar-refractivity contribution in [2.45, 2.75) is 43.6 Å². The number of hydrogen-bond acceptors (Lipinski definition) is 2. The van der Waals surface area contributed by atoms with Crippen LogP contribution >= 0.6 is 0 Å². The van der Waals surface area contributed by atoms with Gasteiger partial charge in [-0.05, 0) is 42.2 Å². The van der Waals surface area contributed by atoms with Crippen LogP contribution in [0.1, 0.15) is 41.5 Å². The first-order chi connectivity index (χ1) is 14.5. The van der Waals surface area contributed by atoms with E-state index < -0.39 is 35.5 Å². The van der Waals surface area contributed by atoms with Gasteiger partial charge < -0.3 is 10.1 Å². The summed E-state index contributed by atoms with van der Waals surface area (Å²) < 4.78 is 84.0. The monoisotopic (exact) mass is 445 g/mol. The van der Waals surface area contributed by atoms with Crippen molar-refractivity contribution in [1.29, 1.82) is 0 Å². The molecule has 3 nitrogen and oxygen atoms in total. The molecule has 168 valence electrons. The molecule has 31 heavy (non-hydrogen) atoms. The van der Waals surface area contributed by atoms with Gasteiger partial charge in [-0.3, -0.25) is 4.79 Å². The average molecular weight is 445 g/mol. The molecule has 1 fully saturated rings. The highest BCUT2D eigenvalue weighted by Gasteiger charge is 2.38. The van der Waals surface area contributed by atoms with Crippen molar-refractivity contribution in [1.82, 2.24) is 5.32 Å². The number of rotatable bonds is 5. The first-order valence-electron chi connectivity index (χ1n) is 9.68. The topological polar surface area (TPSA) is 38.3 Å². The zero-order valence-corrected chi connectivity index (χ0v) is 16.4. The Morgan fingerprint density at radius 3 is 2.13 bits per heavy atom. The summed E-state index contributed by atoms with van der Waals surface area (Å²) in [5.41, 5.74) is -2.87. The van der Waals surface area contributed by atoms with E-state index in [0.29, 0.717) is 31.5 Å². The van der Waals surface area contributed by atoms with Gasteiger partial charge in [-0.1, -0.05) is 30.3 Å². The SMILES string of the molecule is O=C1C[C@@](COCc2cc(C(F)(F)F)cc(C(F)(F)F)c2)(c2ccccc2)CCCN1. The van der Waals surface area contributed by atoms with Crippen LogP contribution in [0, 0.1) is 0 Å². The summed E-state index contributed by atoms with van der Waals surface area (Å²) in [7, 11) is 0. The zero-order valence-electron chi connectivity index (χ0n) is 16.4. The summed E-state index contributed by atoms with van der Waals surface area (Å²) >= 11 is 0. The first-order valence-corrected chi connectivity index (χ1v) is 9.68. The minimum atomic E-state index is -4.92. The number of nitrogens with one attached hydrogen (secondary N) is 1. The predicted molar refractivity (Wildman–Crippen MR) is 101 cm³/mol. The van der Waals surface area contributed by atoms with E-state index in [9.17, 15) is 31.1 Å². The zero-order chi connectivity index (χ0) is 22.7. The highest BCUT2D eigenvalue weighted by Crippen LogP contribution is 2.38. The molecular formula is C22H21F6NO2. The Labute approximate surface area is 175 Å². The lowest BCUT2D eigenvalue weighted by Crippen LogP contribution is -2.35. The van der Waals surface area contributed by atoms with Gasteiger partial charge in [0.1, 0.15) is 0 Å². The first kappa shape index (κ1) is 23.1. The van der Waals surface area contributed by atoms with Gasteiger partial charge in [0.2, 0.25) is 5.91 Å². The number of benzene rings is 2. The molecule has 1 aliphatic heterocycles. The van der Waals surface area contributed by atoms with Crippen LogP contribution < -0.4 is 5.32 Å². The fourth-order valence-electron chi connectivity index (χ4n) is 3.82. The molecule has 0 radical (unpaired) electrons. The van der Waals surface area contributed by atoms with Crippen molar-refractivity contribution in [3.63, 3.8) is 0 Å². The Bertz CT molecular complexity index is 878. The van der Waals surface area contributed by atoms with Gasteiger partial charge in [-0.25, -0.2) is 0 Å². The summed E-state index contributed by atoms with van der Waals surface area (Å²) in [6, 6.07) is 10.5. The number of amides is 1. The third-order valence-electron chi connectivity index (χ3n) is 5.33. The van der Waals surface area contributed by atoms with Gasteiger partial charge in [0.15, 0.2) is 0 Å². The van der Waals surface area contributed by atoms with Crippen LogP contribution in [0.3, 0.4) is 0 Å². The predicted octanol–water partition coefficient (Wildman–Crippen LogP) is 5.48. The normalized spacial score (nSPS) is 20.3. The maximum Gasteiger partial charge on any atom is 0.416 e. The second kappa shape index (κ2) is 8.90. The highest BCUT2D eigenvalue weighted by atomic mass is 19.4. The van der Waals surface area contributed by atoms with Gasteiger partial charge in [-0.15, -0.1) is 0 Å². The fourth-order valence-corrected chi connectivity index (χ4v) is 3.82. The van der Waals surface area contributed by atoms with Gasteiger partial charge in [0.05, 0.1) is 24.3 Å². The molecule has 1 aliphatic rings. The van der Waals surface area contributed by atoms with Crippen molar-refractivity contribution in [3.8, 4) is 0 Å². The van der Waals surface area contributed by atoms with Crippen LogP contribution in [0.25, 0.3) is 0 Å². The van der Waals surface area contributed by atoms with Crippen molar-refractivity contribution in [2.24, 2.45) is 0 Å². The van der Waals surface area contributed by atoms with E-state index in [1.807, 2.05) is 30.3 Å². The molecule has 1 atom stereocenters. The number of carbonyl (C=O) groups excluding carboxylic acids is 1. The van der Waals surface area contributed by atoms with Gasteiger partial charge >= 0.3 is 12.4 Å². The number of ether oxygens (including phenoxy) is 1. The third kappa shape index (κ3) is 5.78. The largest absolute Gasteiger partial charge is 0.416 e. The van der Waals surface area contributed by atoms with Crippen LogP contribution in [0.15, 0.2) is 48.5 Å². The van der Waals surface area contributed by atoms with Gasteiger partial charge in [0, 0.05) is 18.4 Å². The van der Waals surface area contributed by atoms with Crippen LogP contribution in [-0.2, 0) is 33.9 Å². The third-order valence-corrected chi connectivity index (χ3v) is 5.33. The maximum absolute atomic E-state index is 13.1. The summed E-state index contributed by atoms with van der Waals surface area (Å²) in [6.07, 6.45) is -8.45. The molecule has 3 rings (SSSR count). The van der Waals surface area contributed by atoms with E-state index in [1.54, 1.807) is 0 Å². The lowest BCUT2D eigenvalue weighted by molar-refractivity contribution is -0.143. The molecule has 0 bridgehead atoms. The molecule has 1 N–H and O–H groups in total. The van der Waals surface area contributed by atoms with Crippen LogP contribution in [0.2, 0.25) is 0 Å². The smallest absolute Gasteiger partial charge is 0.376 e. The van der Waals surface area contributed by atoms with E-state index >= 15 is 0 Å². The molecule has 0 aliphatic carbocycles. The van der Waals surface area contributed by atoms with Crippen LogP contribution in [0.5, 0.6) is 0 Å². The van der Waals surface area contributed by atoms with Crippen LogP contribution in [0.4, 0.5) is 26.3 Å². The standard InChI is InChI=1S/C22H21F6NO2/c23-21(24,25)17-9-15(10-18(11-17)22(26,27)28)13-31-14-20(16-5-2-1-3-6-16)7-4-8-29-19(30)12-20/h1-3,5-6,9-11H,4,7-8,12-14H2,(H,29,30)/t20-/m0/s1. The second-order valence-corrected chi connectivity index (χ2v) is 7.68. The molecule has 0 unspecified atom stereocenters. The Morgan fingerprint density at radius 2 is 1.55 bits per heavy atom. The fraction of sp³-hybridized carbons (Fsp3) is 0.409. The van der Waals surface area contributed by atoms with Crippen molar-refractivity contribution in [2.75, 3.05) is 13.2 Å². The number of carbonyl (C=O) groups is 1. The minimum Gasteiger partial charge on any atom is -0.376 e. The molecule has 2 aromatic rings. The summed E-state index contributed by atoms with van der Waals surface area (Å²) in [6.45, 7) is 0.0429. The van der Waals surface area contributed by atoms with Gasteiger partial charge in [0.25, 0.3) is 0 Å². The Morgan fingerprint density at radius 1 is 0.935 bits per heavy atom. The van der Waals surface area contributed by atoms with Gasteiger partial charge in [-0.2, -0.15) is 26.3 Å². The molecular weight excluding hydrogens is 424 g/mol. The Hall–Kier alpha value is -2.55. The molecule has 9 heteroatoms. The lowest BCUT2D eigenvalue weighted by Gasteiger charge is -2.32. The minimum absolute atomic E-state index is 0.0119. The summed E-state index contributed by atoms with van der Waals surface area (Å²) in [5, 5.41) is 2.78. The molecule has 0 aromatic heterocycles. The number of halogens is 6. The Balaban J connectivity index is 1.84. The summed E-state index contributed by atoms with van der Waals surface area (Å²) in [5.74, 6) is -0.177. The molecule has 2 aromatic carbocycles. The van der Waals surface area contributed by atoms with Crippen molar-refractivity contribution < 1.29 is 35.9 Å². The lowest BCUT2D eigenvalue weighted by atomic mass is 9.75. The quantitative estimate of drug-likeness (QED) is 0.619. The van der Waals surface area contributed by atoms with E-state index in [1.165, 1.54) is 0 Å². The highest BCUT2D eigenvalue weighted by molar-refractivity contribution is 5.78. The molecule has 0 spiro atoms. The Kier molecular flexibility index (Phi) is 6.64. The van der Waals surface area contributed by atoms with E-state index in [0.717, 1.165) is 5.56 Å². The molecule has 1 amide bonds. The van der Waals surface area contributed by atoms with E-state index in [-0.39, 0.29) is 30.6 Å². The average Bonchev–Trinajstić information content (AvgIpc) is 2.89. The maximum atomic E-state index is 13.1. The van der Waals surface area contributed by atoms with Crippen molar-refractivity contribution in [3.05, 3.63) is 70.8 Å². The molecule has 0 saturated carbocycles. The van der Waals surface area contributed by atoms with Crippen molar-refractivity contribution >= 4 is 5.91 Å². The second-order valence-electron chi connectivity index (χ2n) is 7.68. The molecule has 1 saturated heterocycles. The summed E-state index contributed by atoms with van der Waals surface area (Å²) in [4.78, 5) is 12.2. The van der Waals surface area contributed by atoms with E-state index in [4.69, 9.17) is 4.74 Å². The molecule has 1 heterocycles.